The van der Waals surface area contributed by atoms with E-state index in [9.17, 15) is 9.59 Å². The number of thioether (sulfide) groups is 1. The van der Waals surface area contributed by atoms with Crippen molar-refractivity contribution in [2.75, 3.05) is 36.5 Å². The molecule has 0 unspecified atom stereocenters. The number of benzene rings is 1. The first kappa shape index (κ1) is 18.8. The van der Waals surface area contributed by atoms with Crippen molar-refractivity contribution >= 4 is 29.3 Å². The number of hydrogen-bond donors (Lipinski definition) is 2. The number of amides is 2. The van der Waals surface area contributed by atoms with Gasteiger partial charge in [-0.05, 0) is 31.0 Å². The fourth-order valence-electron chi connectivity index (χ4n) is 2.90. The second kappa shape index (κ2) is 8.53. The molecule has 24 heavy (non-hydrogen) atoms. The molecule has 132 valence electrons. The third-order valence-electron chi connectivity index (χ3n) is 4.89. The summed E-state index contributed by atoms with van der Waals surface area (Å²) < 4.78 is 0. The van der Waals surface area contributed by atoms with Gasteiger partial charge in [0.2, 0.25) is 5.91 Å². The van der Waals surface area contributed by atoms with Crippen LogP contribution in [0.15, 0.2) is 24.3 Å². The standard InChI is InChI=1S/C18H27N3O2S/c1-3-18(4-2,13-19)17(23)20-15-7-5-6-14(12-15)16(22)21-8-10-24-11-9-21/h5-7,12H,3-4,8-11,13,19H2,1-2H3,(H,20,23). The summed E-state index contributed by atoms with van der Waals surface area (Å²) in [5.74, 6) is 1.92. The summed E-state index contributed by atoms with van der Waals surface area (Å²) in [7, 11) is 0. The number of hydrogen-bond acceptors (Lipinski definition) is 4. The Labute approximate surface area is 148 Å². The fraction of sp³-hybridized carbons (Fsp3) is 0.556. The predicted octanol–water partition coefficient (Wildman–Crippen LogP) is 2.58. The molecular weight excluding hydrogens is 322 g/mol. The van der Waals surface area contributed by atoms with Crippen LogP contribution in [0.3, 0.4) is 0 Å². The van der Waals surface area contributed by atoms with Crippen LogP contribution in [-0.4, -0.2) is 47.9 Å². The SMILES string of the molecule is CCC(CC)(CN)C(=O)Nc1cccc(C(=O)N2CCSCC2)c1. The number of nitrogens with zero attached hydrogens (tertiary/aromatic N) is 1. The van der Waals surface area contributed by atoms with E-state index >= 15 is 0 Å². The molecule has 0 atom stereocenters. The first-order chi connectivity index (χ1) is 11.6. The highest BCUT2D eigenvalue weighted by Crippen LogP contribution is 2.27. The molecule has 6 heteroatoms. The predicted molar refractivity (Wildman–Crippen MR) is 100 cm³/mol. The number of nitrogens with one attached hydrogen (secondary N) is 1. The molecule has 1 saturated heterocycles. The number of carbonyl (C=O) groups excluding carboxylic acids is 2. The largest absolute Gasteiger partial charge is 0.337 e. The second-order valence-electron chi connectivity index (χ2n) is 6.13. The molecule has 0 aliphatic carbocycles. The van der Waals surface area contributed by atoms with Crippen LogP contribution in [0.1, 0.15) is 37.0 Å². The summed E-state index contributed by atoms with van der Waals surface area (Å²) in [4.78, 5) is 27.1. The molecule has 0 spiro atoms. The molecule has 1 heterocycles. The molecule has 1 aromatic rings. The third kappa shape index (κ3) is 4.11. The lowest BCUT2D eigenvalue weighted by Crippen LogP contribution is -2.41. The molecule has 1 aromatic carbocycles. The van der Waals surface area contributed by atoms with Crippen LogP contribution in [0.25, 0.3) is 0 Å². The monoisotopic (exact) mass is 349 g/mol. The maximum atomic E-state index is 12.6. The number of nitrogens with two attached hydrogens (primary N) is 1. The van der Waals surface area contributed by atoms with Gasteiger partial charge in [0.1, 0.15) is 0 Å². The maximum absolute atomic E-state index is 12.6. The van der Waals surface area contributed by atoms with Gasteiger partial charge >= 0.3 is 0 Å². The summed E-state index contributed by atoms with van der Waals surface area (Å²) in [6.07, 6.45) is 1.38. The summed E-state index contributed by atoms with van der Waals surface area (Å²) >= 11 is 1.87. The molecular formula is C18H27N3O2S. The smallest absolute Gasteiger partial charge is 0.253 e. The lowest BCUT2D eigenvalue weighted by Gasteiger charge is -2.29. The van der Waals surface area contributed by atoms with E-state index in [2.05, 4.69) is 5.32 Å². The van der Waals surface area contributed by atoms with E-state index in [4.69, 9.17) is 5.73 Å². The molecule has 5 nitrogen and oxygen atoms in total. The van der Waals surface area contributed by atoms with Gasteiger partial charge in [0.15, 0.2) is 0 Å². The Morgan fingerprint density at radius 1 is 1.25 bits per heavy atom. The van der Waals surface area contributed by atoms with Crippen LogP contribution in [0, 0.1) is 5.41 Å². The van der Waals surface area contributed by atoms with Gasteiger partial charge in [-0.15, -0.1) is 0 Å². The average Bonchev–Trinajstić information content (AvgIpc) is 2.64. The summed E-state index contributed by atoms with van der Waals surface area (Å²) in [5, 5.41) is 2.94. The molecule has 1 fully saturated rings. The minimum atomic E-state index is -0.551. The molecule has 0 bridgehead atoms. The lowest BCUT2D eigenvalue weighted by atomic mass is 9.81. The number of anilines is 1. The topological polar surface area (TPSA) is 75.4 Å². The first-order valence-corrected chi connectivity index (χ1v) is 9.70. The number of carbonyl (C=O) groups is 2. The highest BCUT2D eigenvalue weighted by atomic mass is 32.2. The van der Waals surface area contributed by atoms with E-state index in [1.807, 2.05) is 42.6 Å². The van der Waals surface area contributed by atoms with Crippen molar-refractivity contribution in [1.29, 1.82) is 0 Å². The molecule has 2 amide bonds. The summed E-state index contributed by atoms with van der Waals surface area (Å²) in [6, 6.07) is 7.18. The Morgan fingerprint density at radius 3 is 2.50 bits per heavy atom. The quantitative estimate of drug-likeness (QED) is 0.828. The first-order valence-electron chi connectivity index (χ1n) is 8.55. The van der Waals surface area contributed by atoms with Gasteiger partial charge in [-0.2, -0.15) is 11.8 Å². The van der Waals surface area contributed by atoms with Gasteiger partial charge in [0.25, 0.3) is 5.91 Å². The minimum Gasteiger partial charge on any atom is -0.337 e. The highest BCUT2D eigenvalue weighted by molar-refractivity contribution is 7.99. The van der Waals surface area contributed by atoms with Crippen molar-refractivity contribution < 1.29 is 9.59 Å². The van der Waals surface area contributed by atoms with Crippen LogP contribution in [0.4, 0.5) is 5.69 Å². The molecule has 0 saturated carbocycles. The normalized spacial score (nSPS) is 15.2. The Bertz CT molecular complexity index is 573. The van der Waals surface area contributed by atoms with Crippen molar-refractivity contribution in [1.82, 2.24) is 4.90 Å². The van der Waals surface area contributed by atoms with Gasteiger partial charge in [-0.3, -0.25) is 9.59 Å². The molecule has 0 aromatic heterocycles. The van der Waals surface area contributed by atoms with Gasteiger partial charge in [0.05, 0.1) is 5.41 Å². The van der Waals surface area contributed by atoms with Crippen molar-refractivity contribution in [2.45, 2.75) is 26.7 Å². The van der Waals surface area contributed by atoms with Crippen LogP contribution in [-0.2, 0) is 4.79 Å². The van der Waals surface area contributed by atoms with Crippen LogP contribution in [0.5, 0.6) is 0 Å². The highest BCUT2D eigenvalue weighted by Gasteiger charge is 2.33. The maximum Gasteiger partial charge on any atom is 0.253 e. The van der Waals surface area contributed by atoms with Crippen molar-refractivity contribution in [3.8, 4) is 0 Å². The van der Waals surface area contributed by atoms with E-state index in [0.717, 1.165) is 24.6 Å². The van der Waals surface area contributed by atoms with Gasteiger partial charge in [-0.25, -0.2) is 0 Å². The lowest BCUT2D eigenvalue weighted by molar-refractivity contribution is -0.125. The van der Waals surface area contributed by atoms with Crippen molar-refractivity contribution in [3.05, 3.63) is 29.8 Å². The Balaban J connectivity index is 2.12. The van der Waals surface area contributed by atoms with E-state index in [0.29, 0.717) is 30.6 Å². The molecule has 0 radical (unpaired) electrons. The molecule has 1 aliphatic heterocycles. The Morgan fingerprint density at radius 2 is 1.92 bits per heavy atom. The molecule has 3 N–H and O–H groups in total. The van der Waals surface area contributed by atoms with E-state index in [1.54, 1.807) is 12.1 Å². The van der Waals surface area contributed by atoms with Gasteiger partial charge in [0, 0.05) is 42.4 Å². The van der Waals surface area contributed by atoms with Gasteiger partial charge in [-0.1, -0.05) is 19.9 Å². The Kier molecular flexibility index (Phi) is 6.69. The number of rotatable bonds is 6. The Hall–Kier alpha value is -1.53. The molecule has 1 aliphatic rings. The van der Waals surface area contributed by atoms with Crippen molar-refractivity contribution in [2.24, 2.45) is 11.1 Å². The van der Waals surface area contributed by atoms with Gasteiger partial charge < -0.3 is 16.0 Å². The zero-order valence-electron chi connectivity index (χ0n) is 14.5. The van der Waals surface area contributed by atoms with E-state index in [-0.39, 0.29) is 11.8 Å². The van der Waals surface area contributed by atoms with Crippen LogP contribution >= 0.6 is 11.8 Å². The second-order valence-corrected chi connectivity index (χ2v) is 7.36. The summed E-state index contributed by atoms with van der Waals surface area (Å²) in [6.45, 7) is 5.83. The minimum absolute atomic E-state index is 0.0301. The van der Waals surface area contributed by atoms with Crippen LogP contribution in [0.2, 0.25) is 0 Å². The van der Waals surface area contributed by atoms with E-state index in [1.165, 1.54) is 0 Å². The fourth-order valence-corrected chi connectivity index (χ4v) is 3.80. The molecule has 2 rings (SSSR count). The zero-order chi connectivity index (χ0) is 17.6. The van der Waals surface area contributed by atoms with Crippen molar-refractivity contribution in [3.63, 3.8) is 0 Å². The van der Waals surface area contributed by atoms with Crippen LogP contribution < -0.4 is 11.1 Å². The third-order valence-corrected chi connectivity index (χ3v) is 5.83. The summed E-state index contributed by atoms with van der Waals surface area (Å²) in [5.41, 5.74) is 6.55. The van der Waals surface area contributed by atoms with E-state index < -0.39 is 5.41 Å². The zero-order valence-corrected chi connectivity index (χ0v) is 15.3. The average molecular weight is 350 g/mol.